The van der Waals surface area contributed by atoms with Gasteiger partial charge in [0.15, 0.2) is 6.04 Å². The molecule has 116 valence electrons. The molecule has 0 fully saturated rings. The summed E-state index contributed by atoms with van der Waals surface area (Å²) in [6.45, 7) is 0. The Morgan fingerprint density at radius 3 is 2.30 bits per heavy atom. The zero-order valence-electron chi connectivity index (χ0n) is 12.2. The third-order valence-corrected chi connectivity index (χ3v) is 3.49. The summed E-state index contributed by atoms with van der Waals surface area (Å²) in [5.41, 5.74) is 6.67. The van der Waals surface area contributed by atoms with E-state index in [1.165, 1.54) is 0 Å². The van der Waals surface area contributed by atoms with Crippen molar-refractivity contribution >= 4 is 17.9 Å². The van der Waals surface area contributed by atoms with Crippen molar-refractivity contribution in [2.45, 2.75) is 12.1 Å². The Labute approximate surface area is 133 Å². The number of carbonyl (C=O) groups is 2. The summed E-state index contributed by atoms with van der Waals surface area (Å²) in [6.07, 6.45) is 0. The van der Waals surface area contributed by atoms with E-state index in [1.54, 1.807) is 24.3 Å². The van der Waals surface area contributed by atoms with Gasteiger partial charge in [-0.15, -0.1) is 0 Å². The highest BCUT2D eigenvalue weighted by molar-refractivity contribution is 6.06. The van der Waals surface area contributed by atoms with Crippen LogP contribution in [-0.2, 0) is 9.53 Å². The Balaban J connectivity index is 1.94. The number of primary amides is 1. The van der Waals surface area contributed by atoms with Crippen molar-refractivity contribution in [3.05, 3.63) is 71.8 Å². The van der Waals surface area contributed by atoms with Crippen LogP contribution in [0.5, 0.6) is 0 Å². The molecule has 0 saturated heterocycles. The van der Waals surface area contributed by atoms with Gasteiger partial charge in [-0.3, -0.25) is 0 Å². The minimum Gasteiger partial charge on any atom is -0.405 e. The van der Waals surface area contributed by atoms with Crippen LogP contribution in [0.15, 0.2) is 65.7 Å². The predicted molar refractivity (Wildman–Crippen MR) is 84.8 cm³/mol. The molecule has 1 aliphatic rings. The van der Waals surface area contributed by atoms with Crippen molar-refractivity contribution in [1.82, 2.24) is 5.32 Å². The molecule has 0 aliphatic carbocycles. The number of amides is 2. The van der Waals surface area contributed by atoms with Crippen LogP contribution in [0, 0.1) is 0 Å². The fourth-order valence-corrected chi connectivity index (χ4v) is 2.44. The minimum absolute atomic E-state index is 0.243. The zero-order valence-corrected chi connectivity index (χ0v) is 12.2. The van der Waals surface area contributed by atoms with Crippen molar-refractivity contribution in [3.8, 4) is 0 Å². The van der Waals surface area contributed by atoms with E-state index in [1.807, 2.05) is 36.4 Å². The summed E-state index contributed by atoms with van der Waals surface area (Å²) in [5, 5.41) is 2.57. The molecule has 0 saturated carbocycles. The van der Waals surface area contributed by atoms with Gasteiger partial charge in [-0.2, -0.15) is 0 Å². The number of rotatable bonds is 4. The standard InChI is InChI=1S/C17H15N3O3/c18-17(22)20-13(11-7-3-1-4-8-11)14-16(21)23-15(19-14)12-9-5-2-6-10-12/h1-10,13-14H,(H3,18,20,22)/t13-,14-/m1/s1. The fraction of sp³-hybridized carbons (Fsp3) is 0.118. The van der Waals surface area contributed by atoms with E-state index < -0.39 is 24.1 Å². The van der Waals surface area contributed by atoms with Crippen LogP contribution in [0.25, 0.3) is 0 Å². The SMILES string of the molecule is NC(=O)N[C@H](c1ccccc1)[C@H]1N=C(c2ccccc2)OC1=O. The molecule has 3 N–H and O–H groups in total. The lowest BCUT2D eigenvalue weighted by atomic mass is 10.00. The van der Waals surface area contributed by atoms with Crippen LogP contribution < -0.4 is 11.1 Å². The third kappa shape index (κ3) is 3.21. The van der Waals surface area contributed by atoms with Crippen molar-refractivity contribution in [2.75, 3.05) is 0 Å². The van der Waals surface area contributed by atoms with E-state index in [4.69, 9.17) is 10.5 Å². The average molecular weight is 309 g/mol. The van der Waals surface area contributed by atoms with Crippen molar-refractivity contribution in [3.63, 3.8) is 0 Å². The topological polar surface area (TPSA) is 93.8 Å². The van der Waals surface area contributed by atoms with E-state index in [0.717, 1.165) is 5.56 Å². The van der Waals surface area contributed by atoms with Crippen molar-refractivity contribution in [1.29, 1.82) is 0 Å². The van der Waals surface area contributed by atoms with Gasteiger partial charge in [0, 0.05) is 5.56 Å². The van der Waals surface area contributed by atoms with Gasteiger partial charge >= 0.3 is 12.0 Å². The number of carbonyl (C=O) groups excluding carboxylic acids is 2. The molecule has 1 heterocycles. The van der Waals surface area contributed by atoms with Crippen molar-refractivity contribution < 1.29 is 14.3 Å². The largest absolute Gasteiger partial charge is 0.405 e. The van der Waals surface area contributed by atoms with Crippen LogP contribution in [0.3, 0.4) is 0 Å². The Hall–Kier alpha value is -3.15. The lowest BCUT2D eigenvalue weighted by Crippen LogP contribution is -2.40. The monoisotopic (exact) mass is 309 g/mol. The Bertz CT molecular complexity index is 744. The number of nitrogens with one attached hydrogen (secondary N) is 1. The number of nitrogens with two attached hydrogens (primary N) is 1. The number of hydrogen-bond acceptors (Lipinski definition) is 4. The summed E-state index contributed by atoms with van der Waals surface area (Å²) in [6, 6.07) is 15.9. The number of benzene rings is 2. The first-order chi connectivity index (χ1) is 11.1. The van der Waals surface area contributed by atoms with Gasteiger partial charge in [-0.05, 0) is 17.7 Å². The van der Waals surface area contributed by atoms with Gasteiger partial charge in [0.25, 0.3) is 0 Å². The van der Waals surface area contributed by atoms with Gasteiger partial charge in [-0.1, -0.05) is 48.5 Å². The molecule has 0 spiro atoms. The lowest BCUT2D eigenvalue weighted by molar-refractivity contribution is -0.135. The molecule has 0 unspecified atom stereocenters. The van der Waals surface area contributed by atoms with Gasteiger partial charge in [0.05, 0.1) is 6.04 Å². The molecule has 0 bridgehead atoms. The molecule has 2 aromatic carbocycles. The van der Waals surface area contributed by atoms with E-state index in [0.29, 0.717) is 5.56 Å². The Morgan fingerprint density at radius 1 is 1.09 bits per heavy atom. The van der Waals surface area contributed by atoms with Crippen molar-refractivity contribution in [2.24, 2.45) is 10.7 Å². The average Bonchev–Trinajstić information content (AvgIpc) is 2.96. The molecule has 0 radical (unpaired) electrons. The van der Waals surface area contributed by atoms with E-state index in [-0.39, 0.29) is 5.90 Å². The number of aliphatic imine (C=N–C) groups is 1. The molecular formula is C17H15N3O3. The summed E-state index contributed by atoms with van der Waals surface area (Å²) in [5.74, 6) is -0.278. The van der Waals surface area contributed by atoms with Crippen LogP contribution >= 0.6 is 0 Å². The van der Waals surface area contributed by atoms with E-state index >= 15 is 0 Å². The molecular weight excluding hydrogens is 294 g/mol. The fourth-order valence-electron chi connectivity index (χ4n) is 2.44. The maximum atomic E-state index is 12.2. The molecule has 6 nitrogen and oxygen atoms in total. The normalized spacial score (nSPS) is 18.0. The molecule has 2 amide bonds. The summed E-state index contributed by atoms with van der Waals surface area (Å²) in [7, 11) is 0. The first kappa shape index (κ1) is 14.8. The van der Waals surface area contributed by atoms with Gasteiger partial charge in [-0.25, -0.2) is 14.6 Å². The number of ether oxygens (including phenoxy) is 1. The highest BCUT2D eigenvalue weighted by Crippen LogP contribution is 2.25. The molecule has 1 aliphatic heterocycles. The van der Waals surface area contributed by atoms with E-state index in [2.05, 4.69) is 10.3 Å². The number of hydrogen-bond donors (Lipinski definition) is 2. The number of nitrogens with zero attached hydrogens (tertiary/aromatic N) is 1. The predicted octanol–water partition coefficient (Wildman–Crippen LogP) is 1.77. The first-order valence-corrected chi connectivity index (χ1v) is 7.11. The Kier molecular flexibility index (Phi) is 4.05. The number of cyclic esters (lactones) is 1. The number of esters is 1. The maximum absolute atomic E-state index is 12.2. The smallest absolute Gasteiger partial charge is 0.340 e. The molecule has 3 rings (SSSR count). The zero-order chi connectivity index (χ0) is 16.2. The maximum Gasteiger partial charge on any atom is 0.340 e. The van der Waals surface area contributed by atoms with Crippen LogP contribution in [0.2, 0.25) is 0 Å². The summed E-state index contributed by atoms with van der Waals surface area (Å²) < 4.78 is 5.26. The molecule has 6 heteroatoms. The Morgan fingerprint density at radius 2 is 1.70 bits per heavy atom. The number of urea groups is 1. The van der Waals surface area contributed by atoms with Crippen LogP contribution in [0.4, 0.5) is 4.79 Å². The van der Waals surface area contributed by atoms with Gasteiger partial charge in [0.1, 0.15) is 0 Å². The van der Waals surface area contributed by atoms with Crippen LogP contribution in [0.1, 0.15) is 17.2 Å². The van der Waals surface area contributed by atoms with E-state index in [9.17, 15) is 9.59 Å². The quantitative estimate of drug-likeness (QED) is 0.843. The molecule has 2 aromatic rings. The molecule has 0 aromatic heterocycles. The summed E-state index contributed by atoms with van der Waals surface area (Å²) >= 11 is 0. The summed E-state index contributed by atoms with van der Waals surface area (Å²) in [4.78, 5) is 27.9. The van der Waals surface area contributed by atoms with Gasteiger partial charge in [0.2, 0.25) is 5.90 Å². The minimum atomic E-state index is -0.875. The highest BCUT2D eigenvalue weighted by atomic mass is 16.6. The van der Waals surface area contributed by atoms with Crippen LogP contribution in [-0.4, -0.2) is 23.9 Å². The third-order valence-electron chi connectivity index (χ3n) is 3.49. The molecule has 2 atom stereocenters. The van der Waals surface area contributed by atoms with Gasteiger partial charge < -0.3 is 15.8 Å². The second-order valence-electron chi connectivity index (χ2n) is 5.06. The lowest BCUT2D eigenvalue weighted by Gasteiger charge is -2.19. The molecule has 23 heavy (non-hydrogen) atoms. The second-order valence-corrected chi connectivity index (χ2v) is 5.06. The first-order valence-electron chi connectivity index (χ1n) is 7.11. The highest BCUT2D eigenvalue weighted by Gasteiger charge is 2.37. The second kappa shape index (κ2) is 6.31.